The number of hydrogen-bond acceptors (Lipinski definition) is 8. The standard InChI is InChI=1S/C29H30N4O5S/c1-36-26-19-23(20-27(37-2)29(26)38-3)25-13-14-28(31-30-25)32-15-17-33(18-16-32)39(34,35)24-11-9-22(10-12-24)21-7-5-4-6-8-21/h4-14,19-20H,15-18H2,1-3H3. The highest BCUT2D eigenvalue weighted by molar-refractivity contribution is 7.89. The largest absolute Gasteiger partial charge is 0.493 e. The van der Waals surface area contributed by atoms with Crippen LogP contribution >= 0.6 is 0 Å². The fourth-order valence-corrected chi connectivity index (χ4v) is 6.06. The molecule has 0 bridgehead atoms. The number of piperazine rings is 1. The minimum Gasteiger partial charge on any atom is -0.493 e. The molecule has 0 aliphatic carbocycles. The Morgan fingerprint density at radius 3 is 1.82 bits per heavy atom. The quantitative estimate of drug-likeness (QED) is 0.322. The number of anilines is 1. The Balaban J connectivity index is 1.26. The number of nitrogens with zero attached hydrogens (tertiary/aromatic N) is 4. The molecule has 1 fully saturated rings. The van der Waals surface area contributed by atoms with Crippen molar-refractivity contribution in [3.05, 3.63) is 78.9 Å². The summed E-state index contributed by atoms with van der Waals surface area (Å²) in [4.78, 5) is 2.33. The molecule has 0 saturated carbocycles. The van der Waals surface area contributed by atoms with Gasteiger partial charge >= 0.3 is 0 Å². The first kappa shape index (κ1) is 26.5. The predicted molar refractivity (Wildman–Crippen MR) is 150 cm³/mol. The molecule has 0 amide bonds. The van der Waals surface area contributed by atoms with Crippen molar-refractivity contribution in [2.75, 3.05) is 52.4 Å². The Morgan fingerprint density at radius 2 is 1.28 bits per heavy atom. The van der Waals surface area contributed by atoms with E-state index in [9.17, 15) is 8.42 Å². The molecular weight excluding hydrogens is 516 g/mol. The Labute approximate surface area is 228 Å². The third kappa shape index (κ3) is 5.39. The first-order valence-electron chi connectivity index (χ1n) is 12.5. The van der Waals surface area contributed by atoms with Crippen LogP contribution in [0.4, 0.5) is 5.82 Å². The lowest BCUT2D eigenvalue weighted by Gasteiger charge is -2.34. The van der Waals surface area contributed by atoms with Gasteiger partial charge in [0.05, 0.1) is 31.9 Å². The van der Waals surface area contributed by atoms with E-state index in [-0.39, 0.29) is 0 Å². The number of aromatic nitrogens is 2. The molecule has 9 nitrogen and oxygen atoms in total. The van der Waals surface area contributed by atoms with Crippen LogP contribution in [-0.4, -0.2) is 70.4 Å². The summed E-state index contributed by atoms with van der Waals surface area (Å²) >= 11 is 0. The van der Waals surface area contributed by atoms with E-state index in [1.807, 2.05) is 71.6 Å². The second-order valence-electron chi connectivity index (χ2n) is 8.97. The van der Waals surface area contributed by atoms with Crippen LogP contribution in [0.15, 0.2) is 83.8 Å². The molecule has 2 heterocycles. The molecule has 10 heteroatoms. The van der Waals surface area contributed by atoms with Crippen LogP contribution < -0.4 is 19.1 Å². The molecule has 0 unspecified atom stereocenters. The molecule has 1 aromatic heterocycles. The zero-order valence-electron chi connectivity index (χ0n) is 22.1. The lowest BCUT2D eigenvalue weighted by molar-refractivity contribution is 0.324. The summed E-state index contributed by atoms with van der Waals surface area (Å²) in [5.41, 5.74) is 3.45. The van der Waals surface area contributed by atoms with Crippen LogP contribution in [0.2, 0.25) is 0 Å². The summed E-state index contributed by atoms with van der Waals surface area (Å²) in [5.74, 6) is 2.26. The summed E-state index contributed by atoms with van der Waals surface area (Å²) in [5, 5.41) is 8.81. The second kappa shape index (κ2) is 11.3. The van der Waals surface area contributed by atoms with E-state index in [2.05, 4.69) is 10.2 Å². The maximum Gasteiger partial charge on any atom is 0.243 e. The van der Waals surface area contributed by atoms with Gasteiger partial charge in [0.15, 0.2) is 17.3 Å². The summed E-state index contributed by atoms with van der Waals surface area (Å²) in [6, 6.07) is 24.3. The Kier molecular flexibility index (Phi) is 7.67. The van der Waals surface area contributed by atoms with Crippen LogP contribution in [0.25, 0.3) is 22.4 Å². The lowest BCUT2D eigenvalue weighted by atomic mass is 10.1. The van der Waals surface area contributed by atoms with Crippen molar-refractivity contribution in [1.82, 2.24) is 14.5 Å². The molecule has 39 heavy (non-hydrogen) atoms. The summed E-state index contributed by atoms with van der Waals surface area (Å²) in [7, 11) is 1.09. The van der Waals surface area contributed by atoms with Gasteiger partial charge in [0.1, 0.15) is 0 Å². The molecule has 1 aliphatic heterocycles. The SMILES string of the molecule is COc1cc(-c2ccc(N3CCN(S(=O)(=O)c4ccc(-c5ccccc5)cc4)CC3)nn2)cc(OC)c1OC. The Bertz CT molecular complexity index is 1500. The number of sulfonamides is 1. The van der Waals surface area contributed by atoms with Gasteiger partial charge in [0.2, 0.25) is 15.8 Å². The third-order valence-electron chi connectivity index (χ3n) is 6.77. The van der Waals surface area contributed by atoms with Crippen LogP contribution in [-0.2, 0) is 10.0 Å². The monoisotopic (exact) mass is 546 g/mol. The smallest absolute Gasteiger partial charge is 0.243 e. The van der Waals surface area contributed by atoms with Crippen molar-refractivity contribution in [3.63, 3.8) is 0 Å². The van der Waals surface area contributed by atoms with Crippen molar-refractivity contribution >= 4 is 15.8 Å². The first-order valence-corrected chi connectivity index (χ1v) is 13.9. The summed E-state index contributed by atoms with van der Waals surface area (Å²) in [6.07, 6.45) is 0. The predicted octanol–water partition coefficient (Wildman–Crippen LogP) is 4.35. The average molecular weight is 547 g/mol. The molecule has 5 rings (SSSR count). The molecule has 202 valence electrons. The number of ether oxygens (including phenoxy) is 3. The highest BCUT2D eigenvalue weighted by atomic mass is 32.2. The van der Waals surface area contributed by atoms with E-state index in [4.69, 9.17) is 14.2 Å². The molecule has 1 saturated heterocycles. The van der Waals surface area contributed by atoms with Gasteiger partial charge in [0, 0.05) is 31.7 Å². The van der Waals surface area contributed by atoms with Crippen molar-refractivity contribution < 1.29 is 22.6 Å². The van der Waals surface area contributed by atoms with Crippen molar-refractivity contribution in [2.24, 2.45) is 0 Å². The van der Waals surface area contributed by atoms with Crippen molar-refractivity contribution in [3.8, 4) is 39.6 Å². The molecular formula is C29H30N4O5S. The number of benzene rings is 3. The number of methoxy groups -OCH3 is 3. The minimum atomic E-state index is -3.59. The van der Waals surface area contributed by atoms with Crippen LogP contribution in [0, 0.1) is 0 Å². The fraction of sp³-hybridized carbons (Fsp3) is 0.241. The van der Waals surface area contributed by atoms with Gasteiger partial charge in [-0.1, -0.05) is 42.5 Å². The average Bonchev–Trinajstić information content (AvgIpc) is 3.01. The Hall–Kier alpha value is -4.15. The van der Waals surface area contributed by atoms with Gasteiger partial charge in [-0.2, -0.15) is 4.31 Å². The number of rotatable bonds is 8. The minimum absolute atomic E-state index is 0.296. The van der Waals surface area contributed by atoms with Gasteiger partial charge in [-0.05, 0) is 47.5 Å². The van der Waals surface area contributed by atoms with Crippen LogP contribution in [0.5, 0.6) is 17.2 Å². The van der Waals surface area contributed by atoms with Gasteiger partial charge in [0.25, 0.3) is 0 Å². The lowest BCUT2D eigenvalue weighted by Crippen LogP contribution is -2.48. The molecule has 4 aromatic rings. The molecule has 0 atom stereocenters. The summed E-state index contributed by atoms with van der Waals surface area (Å²) < 4.78 is 44.4. The highest BCUT2D eigenvalue weighted by Gasteiger charge is 2.29. The molecule has 0 radical (unpaired) electrons. The topological polar surface area (TPSA) is 94.1 Å². The van der Waals surface area contributed by atoms with Crippen molar-refractivity contribution in [1.29, 1.82) is 0 Å². The molecule has 1 aliphatic rings. The van der Waals surface area contributed by atoms with Gasteiger partial charge in [-0.3, -0.25) is 0 Å². The molecule has 0 spiro atoms. The van der Waals surface area contributed by atoms with Crippen LogP contribution in [0.3, 0.4) is 0 Å². The van der Waals surface area contributed by atoms with Gasteiger partial charge < -0.3 is 19.1 Å². The fourth-order valence-electron chi connectivity index (χ4n) is 4.63. The maximum atomic E-state index is 13.3. The van der Waals surface area contributed by atoms with E-state index in [1.165, 1.54) is 4.31 Å². The normalized spacial score (nSPS) is 14.2. The molecule has 3 aromatic carbocycles. The highest BCUT2D eigenvalue weighted by Crippen LogP contribution is 2.40. The van der Waals surface area contributed by atoms with E-state index < -0.39 is 10.0 Å². The molecule has 0 N–H and O–H groups in total. The van der Waals surface area contributed by atoms with Gasteiger partial charge in [-0.25, -0.2) is 8.42 Å². The first-order chi connectivity index (χ1) is 18.9. The maximum absolute atomic E-state index is 13.3. The van der Waals surface area contributed by atoms with E-state index in [0.717, 1.165) is 16.7 Å². The van der Waals surface area contributed by atoms with Gasteiger partial charge in [-0.15, -0.1) is 10.2 Å². The van der Waals surface area contributed by atoms with E-state index >= 15 is 0 Å². The number of hydrogen-bond donors (Lipinski definition) is 0. The van der Waals surface area contributed by atoms with E-state index in [1.54, 1.807) is 33.5 Å². The third-order valence-corrected chi connectivity index (χ3v) is 8.69. The van der Waals surface area contributed by atoms with E-state index in [0.29, 0.717) is 59.8 Å². The zero-order chi connectivity index (χ0) is 27.4. The van der Waals surface area contributed by atoms with Crippen molar-refractivity contribution in [2.45, 2.75) is 4.90 Å². The zero-order valence-corrected chi connectivity index (χ0v) is 22.9. The second-order valence-corrected chi connectivity index (χ2v) is 10.9. The Morgan fingerprint density at radius 1 is 0.667 bits per heavy atom. The van der Waals surface area contributed by atoms with Crippen LogP contribution in [0.1, 0.15) is 0 Å². The summed E-state index contributed by atoms with van der Waals surface area (Å²) in [6.45, 7) is 1.75.